The van der Waals surface area contributed by atoms with Gasteiger partial charge in [-0.1, -0.05) is 12.1 Å². The van der Waals surface area contributed by atoms with Crippen LogP contribution in [-0.4, -0.2) is 35.6 Å². The molecule has 0 radical (unpaired) electrons. The maximum atomic E-state index is 13.2. The second-order valence-corrected chi connectivity index (χ2v) is 5.15. The average Bonchev–Trinajstić information content (AvgIpc) is 2.90. The highest BCUT2D eigenvalue weighted by molar-refractivity contribution is 5.85. The third kappa shape index (κ3) is 4.43. The summed E-state index contributed by atoms with van der Waals surface area (Å²) in [4.78, 5) is 6.63. The van der Waals surface area contributed by atoms with Crippen molar-refractivity contribution >= 4 is 24.8 Å². The summed E-state index contributed by atoms with van der Waals surface area (Å²) in [5.41, 5.74) is 0.720. The van der Waals surface area contributed by atoms with Gasteiger partial charge in [-0.15, -0.1) is 24.8 Å². The lowest BCUT2D eigenvalue weighted by atomic mass is 10.2. The molecule has 2 aromatic rings. The molecule has 0 aliphatic carbocycles. The van der Waals surface area contributed by atoms with E-state index in [0.717, 1.165) is 25.2 Å². The van der Waals surface area contributed by atoms with Crippen LogP contribution in [0, 0.1) is 5.82 Å². The first-order valence-corrected chi connectivity index (χ1v) is 6.88. The Labute approximate surface area is 141 Å². The monoisotopic (exact) mass is 347 g/mol. The highest BCUT2D eigenvalue weighted by atomic mass is 35.5. The molecule has 3 rings (SSSR count). The Morgan fingerprint density at radius 2 is 2.23 bits per heavy atom. The molecule has 1 saturated heterocycles. The smallest absolute Gasteiger partial charge is 0.209 e. The van der Waals surface area contributed by atoms with E-state index >= 15 is 0 Å². The lowest BCUT2D eigenvalue weighted by Crippen LogP contribution is -2.49. The van der Waals surface area contributed by atoms with Crippen molar-refractivity contribution in [1.82, 2.24) is 15.2 Å². The van der Waals surface area contributed by atoms with E-state index in [-0.39, 0.29) is 30.6 Å². The Kier molecular flexibility index (Phi) is 7.29. The summed E-state index contributed by atoms with van der Waals surface area (Å²) < 4.78 is 18.9. The fraction of sp³-hybridized carbons (Fsp3) is 0.400. The second-order valence-electron chi connectivity index (χ2n) is 5.15. The molecule has 1 aliphatic rings. The van der Waals surface area contributed by atoms with E-state index in [9.17, 15) is 4.39 Å². The second kappa shape index (κ2) is 8.48. The van der Waals surface area contributed by atoms with E-state index < -0.39 is 0 Å². The molecular formula is C15H20Cl2FN3O. The standard InChI is InChI=1S/C15H18FN3O.2ClH/c1-11-8-17-5-6-19(11)10-15-18-9-14(20-15)12-3-2-4-13(16)7-12;;/h2-4,7,9,11,17H,5-6,8,10H2,1H3;2*1H/t11-;;/m1../s1. The van der Waals surface area contributed by atoms with Crippen LogP contribution in [0.15, 0.2) is 34.9 Å². The van der Waals surface area contributed by atoms with Crippen molar-refractivity contribution in [3.63, 3.8) is 0 Å². The molecule has 0 saturated carbocycles. The zero-order valence-corrected chi connectivity index (χ0v) is 13.9. The molecule has 1 aromatic heterocycles. The van der Waals surface area contributed by atoms with Crippen LogP contribution in [0.1, 0.15) is 12.8 Å². The van der Waals surface area contributed by atoms with Crippen molar-refractivity contribution in [3.05, 3.63) is 42.2 Å². The molecule has 22 heavy (non-hydrogen) atoms. The van der Waals surface area contributed by atoms with Gasteiger partial charge < -0.3 is 9.73 Å². The number of nitrogens with zero attached hydrogens (tertiary/aromatic N) is 2. The van der Waals surface area contributed by atoms with E-state index in [4.69, 9.17) is 4.42 Å². The van der Waals surface area contributed by atoms with Crippen LogP contribution < -0.4 is 5.32 Å². The van der Waals surface area contributed by atoms with E-state index in [1.54, 1.807) is 12.3 Å². The average molecular weight is 348 g/mol. The van der Waals surface area contributed by atoms with Crippen LogP contribution in [0.4, 0.5) is 4.39 Å². The van der Waals surface area contributed by atoms with Gasteiger partial charge in [-0.3, -0.25) is 4.90 Å². The SMILES string of the molecule is C[C@@H]1CNCCN1Cc1ncc(-c2cccc(F)c2)o1.Cl.Cl. The third-order valence-electron chi connectivity index (χ3n) is 3.64. The molecule has 1 N–H and O–H groups in total. The van der Waals surface area contributed by atoms with Gasteiger partial charge in [-0.2, -0.15) is 0 Å². The van der Waals surface area contributed by atoms with Gasteiger partial charge >= 0.3 is 0 Å². The van der Waals surface area contributed by atoms with Crippen LogP contribution in [0.5, 0.6) is 0 Å². The number of nitrogens with one attached hydrogen (secondary N) is 1. The van der Waals surface area contributed by atoms with Gasteiger partial charge in [0.05, 0.1) is 12.7 Å². The first-order chi connectivity index (χ1) is 9.72. The molecule has 0 unspecified atom stereocenters. The summed E-state index contributed by atoms with van der Waals surface area (Å²) in [6.45, 7) is 5.83. The van der Waals surface area contributed by atoms with Gasteiger partial charge in [-0.05, 0) is 19.1 Å². The minimum Gasteiger partial charge on any atom is -0.439 e. The molecule has 0 amide bonds. The number of oxazole rings is 1. The molecule has 2 heterocycles. The Balaban J connectivity index is 0.00000121. The maximum absolute atomic E-state index is 13.2. The van der Waals surface area contributed by atoms with Crippen molar-refractivity contribution in [1.29, 1.82) is 0 Å². The fourth-order valence-electron chi connectivity index (χ4n) is 2.45. The van der Waals surface area contributed by atoms with Crippen molar-refractivity contribution in [2.45, 2.75) is 19.5 Å². The Morgan fingerprint density at radius 3 is 2.95 bits per heavy atom. The van der Waals surface area contributed by atoms with Crippen molar-refractivity contribution in [2.24, 2.45) is 0 Å². The van der Waals surface area contributed by atoms with Crippen LogP contribution in [-0.2, 0) is 6.54 Å². The van der Waals surface area contributed by atoms with Crippen molar-refractivity contribution < 1.29 is 8.81 Å². The number of halogens is 3. The Hall–Kier alpha value is -1.14. The minimum atomic E-state index is -0.267. The molecule has 7 heteroatoms. The summed E-state index contributed by atoms with van der Waals surface area (Å²) in [5.74, 6) is 1.02. The van der Waals surface area contributed by atoms with Gasteiger partial charge in [0.2, 0.25) is 5.89 Å². The van der Waals surface area contributed by atoms with Crippen LogP contribution in [0.3, 0.4) is 0 Å². The van der Waals surface area contributed by atoms with Gasteiger partial charge in [0.1, 0.15) is 5.82 Å². The largest absolute Gasteiger partial charge is 0.439 e. The highest BCUT2D eigenvalue weighted by Gasteiger charge is 2.20. The zero-order chi connectivity index (χ0) is 13.9. The van der Waals surface area contributed by atoms with Crippen molar-refractivity contribution in [2.75, 3.05) is 19.6 Å². The number of hydrogen-bond acceptors (Lipinski definition) is 4. The molecule has 122 valence electrons. The predicted molar refractivity (Wildman–Crippen MR) is 89.1 cm³/mol. The lowest BCUT2D eigenvalue weighted by Gasteiger charge is -2.32. The number of hydrogen-bond donors (Lipinski definition) is 1. The first kappa shape index (κ1) is 18.9. The van der Waals surface area contributed by atoms with Crippen molar-refractivity contribution in [3.8, 4) is 11.3 Å². The van der Waals surface area contributed by atoms with Gasteiger partial charge in [-0.25, -0.2) is 9.37 Å². The Bertz CT molecular complexity index is 594. The molecule has 1 atom stereocenters. The highest BCUT2D eigenvalue weighted by Crippen LogP contribution is 2.22. The first-order valence-electron chi connectivity index (χ1n) is 6.88. The summed E-state index contributed by atoms with van der Waals surface area (Å²) in [5, 5.41) is 3.35. The zero-order valence-electron chi connectivity index (χ0n) is 12.3. The lowest BCUT2D eigenvalue weighted by molar-refractivity contribution is 0.151. The fourth-order valence-corrected chi connectivity index (χ4v) is 2.45. The van der Waals surface area contributed by atoms with E-state index in [2.05, 4.69) is 22.1 Å². The molecule has 0 spiro atoms. The quantitative estimate of drug-likeness (QED) is 0.926. The van der Waals surface area contributed by atoms with Gasteiger partial charge in [0.25, 0.3) is 0 Å². The minimum absolute atomic E-state index is 0. The summed E-state index contributed by atoms with van der Waals surface area (Å²) in [6, 6.07) is 6.83. The van der Waals surface area contributed by atoms with E-state index in [1.165, 1.54) is 12.1 Å². The molecular weight excluding hydrogens is 328 g/mol. The van der Waals surface area contributed by atoms with E-state index in [0.29, 0.717) is 24.2 Å². The Morgan fingerprint density at radius 1 is 1.41 bits per heavy atom. The van der Waals surface area contributed by atoms with Gasteiger partial charge in [0, 0.05) is 31.2 Å². The predicted octanol–water partition coefficient (Wildman–Crippen LogP) is 3.12. The summed E-state index contributed by atoms with van der Waals surface area (Å²) in [6.07, 6.45) is 1.66. The van der Waals surface area contributed by atoms with Crippen LogP contribution >= 0.6 is 24.8 Å². The summed E-state index contributed by atoms with van der Waals surface area (Å²) >= 11 is 0. The molecule has 0 bridgehead atoms. The van der Waals surface area contributed by atoms with Crippen LogP contribution in [0.2, 0.25) is 0 Å². The third-order valence-corrected chi connectivity index (χ3v) is 3.64. The van der Waals surface area contributed by atoms with Gasteiger partial charge in [0.15, 0.2) is 5.76 Å². The maximum Gasteiger partial charge on any atom is 0.209 e. The summed E-state index contributed by atoms with van der Waals surface area (Å²) in [7, 11) is 0. The normalized spacial score (nSPS) is 18.4. The number of aromatic nitrogens is 1. The number of benzene rings is 1. The molecule has 1 aliphatic heterocycles. The molecule has 4 nitrogen and oxygen atoms in total. The van der Waals surface area contributed by atoms with Crippen LogP contribution in [0.25, 0.3) is 11.3 Å². The number of rotatable bonds is 3. The molecule has 1 fully saturated rings. The topological polar surface area (TPSA) is 41.3 Å². The number of piperazine rings is 1. The molecule has 1 aromatic carbocycles. The van der Waals surface area contributed by atoms with E-state index in [1.807, 2.05) is 6.07 Å².